The summed E-state index contributed by atoms with van der Waals surface area (Å²) in [4.78, 5) is 0. The highest BCUT2D eigenvalue weighted by atomic mass is 35.5. The Morgan fingerprint density at radius 3 is 2.40 bits per heavy atom. The van der Waals surface area contributed by atoms with Crippen LogP contribution in [0.25, 0.3) is 0 Å². The average Bonchev–Trinajstić information content (AvgIpc) is 2.43. The molecule has 0 fully saturated rings. The first-order valence-electron chi connectivity index (χ1n) is 6.24. The van der Waals surface area contributed by atoms with Crippen molar-refractivity contribution in [3.8, 4) is 5.75 Å². The Balaban J connectivity index is 2.30. The van der Waals surface area contributed by atoms with Crippen LogP contribution in [0.15, 0.2) is 42.5 Å². The predicted octanol–water partition coefficient (Wildman–Crippen LogP) is 3.94. The van der Waals surface area contributed by atoms with Crippen molar-refractivity contribution >= 4 is 11.6 Å². The lowest BCUT2D eigenvalue weighted by atomic mass is 9.89. The fraction of sp³-hybridized carbons (Fsp3) is 0.250. The molecule has 0 bridgehead atoms. The van der Waals surface area contributed by atoms with E-state index in [1.165, 1.54) is 6.07 Å². The van der Waals surface area contributed by atoms with Crippen LogP contribution >= 0.6 is 11.6 Å². The quantitative estimate of drug-likeness (QED) is 0.925. The average molecular weight is 295 g/mol. The van der Waals surface area contributed by atoms with Gasteiger partial charge < -0.3 is 9.84 Å². The zero-order chi connectivity index (χ0) is 14.8. The second kappa shape index (κ2) is 5.81. The molecule has 0 amide bonds. The number of methoxy groups -OCH3 is 1. The summed E-state index contributed by atoms with van der Waals surface area (Å²) in [7, 11) is 1.58. The number of benzene rings is 2. The minimum atomic E-state index is -1.21. The smallest absolute Gasteiger partial charge is 0.128 e. The van der Waals surface area contributed by atoms with Gasteiger partial charge in [-0.2, -0.15) is 0 Å². The first-order valence-corrected chi connectivity index (χ1v) is 6.61. The van der Waals surface area contributed by atoms with Crippen molar-refractivity contribution in [1.82, 2.24) is 0 Å². The first-order chi connectivity index (χ1) is 9.44. The van der Waals surface area contributed by atoms with Gasteiger partial charge in [-0.25, -0.2) is 4.39 Å². The Kier molecular flexibility index (Phi) is 4.31. The lowest BCUT2D eigenvalue weighted by Gasteiger charge is -2.25. The van der Waals surface area contributed by atoms with Gasteiger partial charge in [-0.3, -0.25) is 0 Å². The van der Waals surface area contributed by atoms with Gasteiger partial charge >= 0.3 is 0 Å². The molecule has 0 saturated carbocycles. The normalized spacial score (nSPS) is 13.8. The minimum absolute atomic E-state index is 0.102. The molecule has 1 unspecified atom stereocenters. The third-order valence-electron chi connectivity index (χ3n) is 3.29. The molecule has 0 heterocycles. The Morgan fingerprint density at radius 1 is 1.20 bits per heavy atom. The molecule has 106 valence electrons. The van der Waals surface area contributed by atoms with Crippen LogP contribution < -0.4 is 4.74 Å². The number of aliphatic hydroxyl groups is 1. The van der Waals surface area contributed by atoms with Crippen LogP contribution in [0.1, 0.15) is 18.1 Å². The molecule has 0 aliphatic carbocycles. The Hall–Kier alpha value is -1.58. The number of hydrogen-bond donors (Lipinski definition) is 1. The summed E-state index contributed by atoms with van der Waals surface area (Å²) in [6.07, 6.45) is 0.102. The fourth-order valence-electron chi connectivity index (χ4n) is 2.10. The van der Waals surface area contributed by atoms with E-state index in [-0.39, 0.29) is 6.42 Å². The molecule has 0 aliphatic heterocycles. The lowest BCUT2D eigenvalue weighted by molar-refractivity contribution is 0.0567. The molecule has 0 spiro atoms. The summed E-state index contributed by atoms with van der Waals surface area (Å²) in [5.41, 5.74) is -0.217. The van der Waals surface area contributed by atoms with Crippen molar-refractivity contribution in [1.29, 1.82) is 0 Å². The van der Waals surface area contributed by atoms with E-state index in [9.17, 15) is 9.50 Å². The number of rotatable bonds is 4. The fourth-order valence-corrected chi connectivity index (χ4v) is 2.33. The molecule has 1 N–H and O–H groups in total. The molecule has 0 aromatic heterocycles. The predicted molar refractivity (Wildman–Crippen MR) is 77.7 cm³/mol. The van der Waals surface area contributed by atoms with Gasteiger partial charge in [-0.1, -0.05) is 29.8 Å². The molecule has 0 saturated heterocycles. The number of halogens is 2. The maximum Gasteiger partial charge on any atom is 0.128 e. The van der Waals surface area contributed by atoms with Crippen molar-refractivity contribution in [3.05, 3.63) is 64.4 Å². The highest BCUT2D eigenvalue weighted by Crippen LogP contribution is 2.30. The molecule has 20 heavy (non-hydrogen) atoms. The van der Waals surface area contributed by atoms with E-state index >= 15 is 0 Å². The van der Waals surface area contributed by atoms with Gasteiger partial charge in [0.25, 0.3) is 0 Å². The van der Waals surface area contributed by atoms with Crippen molar-refractivity contribution in [3.63, 3.8) is 0 Å². The summed E-state index contributed by atoms with van der Waals surface area (Å²) in [6.45, 7) is 1.64. The molecular weight excluding hydrogens is 279 g/mol. The van der Waals surface area contributed by atoms with E-state index in [1.54, 1.807) is 50.4 Å². The maximum absolute atomic E-state index is 13.8. The molecule has 2 aromatic carbocycles. The van der Waals surface area contributed by atoms with Gasteiger partial charge in [0.2, 0.25) is 0 Å². The molecule has 2 rings (SSSR count). The summed E-state index contributed by atoms with van der Waals surface area (Å²) in [5, 5.41) is 10.9. The van der Waals surface area contributed by atoms with Crippen molar-refractivity contribution in [2.75, 3.05) is 7.11 Å². The van der Waals surface area contributed by atoms with Crippen LogP contribution in [0, 0.1) is 5.82 Å². The molecule has 0 aliphatic rings. The molecule has 2 aromatic rings. The SMILES string of the molecule is COc1ccc(C(C)(O)Cc2c(F)cccc2Cl)cc1. The lowest BCUT2D eigenvalue weighted by Crippen LogP contribution is -2.25. The standard InChI is InChI=1S/C16H16ClFO2/c1-16(19,11-6-8-12(20-2)9-7-11)10-13-14(17)4-3-5-15(13)18/h3-9,19H,10H2,1-2H3. The van der Waals surface area contributed by atoms with Crippen molar-refractivity contribution < 1.29 is 14.2 Å². The summed E-state index contributed by atoms with van der Waals surface area (Å²) >= 11 is 6.00. The Morgan fingerprint density at radius 2 is 1.85 bits per heavy atom. The van der Waals surface area contributed by atoms with E-state index in [4.69, 9.17) is 16.3 Å². The van der Waals surface area contributed by atoms with Gasteiger partial charge in [0, 0.05) is 17.0 Å². The molecule has 1 atom stereocenters. The van der Waals surface area contributed by atoms with E-state index in [1.807, 2.05) is 0 Å². The molecule has 4 heteroatoms. The molecule has 2 nitrogen and oxygen atoms in total. The second-order valence-corrected chi connectivity index (χ2v) is 5.29. The Labute approximate surface area is 122 Å². The third kappa shape index (κ3) is 3.11. The van der Waals surface area contributed by atoms with E-state index in [2.05, 4.69) is 0 Å². The third-order valence-corrected chi connectivity index (χ3v) is 3.65. The van der Waals surface area contributed by atoms with Gasteiger partial charge in [0.1, 0.15) is 11.6 Å². The van der Waals surface area contributed by atoms with Crippen molar-refractivity contribution in [2.45, 2.75) is 18.9 Å². The van der Waals surface area contributed by atoms with Crippen LogP contribution in [0.5, 0.6) is 5.75 Å². The van der Waals surface area contributed by atoms with Gasteiger partial charge in [0.15, 0.2) is 0 Å². The first kappa shape index (κ1) is 14.8. The highest BCUT2D eigenvalue weighted by molar-refractivity contribution is 6.31. The van der Waals surface area contributed by atoms with Crippen LogP contribution in [-0.4, -0.2) is 12.2 Å². The van der Waals surface area contributed by atoms with E-state index in [0.717, 1.165) is 0 Å². The molecule has 0 radical (unpaired) electrons. The zero-order valence-corrected chi connectivity index (χ0v) is 12.1. The second-order valence-electron chi connectivity index (χ2n) is 4.88. The van der Waals surface area contributed by atoms with Crippen LogP contribution in [0.4, 0.5) is 4.39 Å². The molecular formula is C16H16ClFO2. The van der Waals surface area contributed by atoms with Crippen molar-refractivity contribution in [2.24, 2.45) is 0 Å². The summed E-state index contributed by atoms with van der Waals surface area (Å²) < 4.78 is 18.9. The largest absolute Gasteiger partial charge is 0.497 e. The monoisotopic (exact) mass is 294 g/mol. The van der Waals surface area contributed by atoms with E-state index in [0.29, 0.717) is 21.9 Å². The summed E-state index contributed by atoms with van der Waals surface area (Å²) in [6, 6.07) is 11.5. The van der Waals surface area contributed by atoms with Gasteiger partial charge in [-0.05, 0) is 36.8 Å². The maximum atomic E-state index is 13.8. The highest BCUT2D eigenvalue weighted by Gasteiger charge is 2.26. The summed E-state index contributed by atoms with van der Waals surface area (Å²) in [5.74, 6) is 0.291. The Bertz CT molecular complexity index is 574. The van der Waals surface area contributed by atoms with Crippen LogP contribution in [0.2, 0.25) is 5.02 Å². The minimum Gasteiger partial charge on any atom is -0.497 e. The van der Waals surface area contributed by atoms with Gasteiger partial charge in [0.05, 0.1) is 12.7 Å². The zero-order valence-electron chi connectivity index (χ0n) is 11.4. The van der Waals surface area contributed by atoms with Gasteiger partial charge in [-0.15, -0.1) is 0 Å². The number of hydrogen-bond acceptors (Lipinski definition) is 2. The number of ether oxygens (including phenoxy) is 1. The van der Waals surface area contributed by atoms with Crippen LogP contribution in [-0.2, 0) is 12.0 Å². The van der Waals surface area contributed by atoms with E-state index < -0.39 is 11.4 Å². The topological polar surface area (TPSA) is 29.5 Å². The van der Waals surface area contributed by atoms with Crippen LogP contribution in [0.3, 0.4) is 0 Å².